The van der Waals surface area contributed by atoms with Crippen molar-refractivity contribution in [3.8, 4) is 5.75 Å². The van der Waals surface area contributed by atoms with E-state index in [1.165, 1.54) is 29.4 Å². The first-order valence-electron chi connectivity index (χ1n) is 9.37. The lowest BCUT2D eigenvalue weighted by atomic mass is 10.2. The Balaban J connectivity index is 1.73. The van der Waals surface area contributed by atoms with Crippen LogP contribution in [0.5, 0.6) is 5.75 Å². The summed E-state index contributed by atoms with van der Waals surface area (Å²) < 4.78 is 33.2. The maximum atomic E-state index is 13.0. The molecule has 1 heterocycles. The molecule has 1 fully saturated rings. The van der Waals surface area contributed by atoms with Crippen LogP contribution in [0.15, 0.2) is 47.4 Å². The monoisotopic (exact) mass is 437 g/mol. The molecule has 1 N–H and O–H groups in total. The van der Waals surface area contributed by atoms with Gasteiger partial charge in [0.1, 0.15) is 5.75 Å². The van der Waals surface area contributed by atoms with Crippen molar-refractivity contribution in [1.29, 1.82) is 0 Å². The molecule has 0 radical (unpaired) electrons. The van der Waals surface area contributed by atoms with Crippen molar-refractivity contribution in [1.82, 2.24) is 4.31 Å². The summed E-state index contributed by atoms with van der Waals surface area (Å²) in [6, 6.07) is 12.1. The van der Waals surface area contributed by atoms with Crippen LogP contribution in [0.25, 0.3) is 0 Å². The predicted octanol–water partition coefficient (Wildman–Crippen LogP) is 3.21. The minimum atomic E-state index is -3.68. The fraction of sp³-hybridized carbons (Fsp3) is 0.350. The average molecular weight is 438 g/mol. The molecule has 1 aliphatic rings. The number of piperazine rings is 1. The number of benzene rings is 2. The van der Waals surface area contributed by atoms with Gasteiger partial charge >= 0.3 is 0 Å². The second-order valence-electron chi connectivity index (χ2n) is 6.61. The topological polar surface area (TPSA) is 79.0 Å². The number of sulfonamides is 1. The summed E-state index contributed by atoms with van der Waals surface area (Å²) in [5, 5.41) is 2.76. The number of nitrogens with one attached hydrogen (secondary N) is 1. The molecule has 9 heteroatoms. The van der Waals surface area contributed by atoms with Crippen molar-refractivity contribution < 1.29 is 17.9 Å². The van der Waals surface area contributed by atoms with E-state index in [0.29, 0.717) is 38.5 Å². The minimum absolute atomic E-state index is 0.111. The summed E-state index contributed by atoms with van der Waals surface area (Å²) in [5.41, 5.74) is 1.35. The molecule has 0 saturated carbocycles. The number of rotatable bonds is 6. The molecule has 0 atom stereocenters. The van der Waals surface area contributed by atoms with Gasteiger partial charge in [-0.05, 0) is 37.3 Å². The number of anilines is 2. The third-order valence-corrected chi connectivity index (χ3v) is 6.84. The maximum Gasteiger partial charge on any atom is 0.243 e. The lowest BCUT2D eigenvalue weighted by Gasteiger charge is -2.36. The smallest absolute Gasteiger partial charge is 0.243 e. The molecule has 1 aliphatic heterocycles. The standard InChI is InChI=1S/C20H24ClN3O4S/c1-3-28-20-7-5-4-6-19(20)23-10-12-24(13-11-23)29(26,27)16-8-9-18(17(21)14-16)22-15(2)25/h4-9,14H,3,10-13H2,1-2H3,(H,22,25). The first-order valence-corrected chi connectivity index (χ1v) is 11.2. The van der Waals surface area contributed by atoms with Gasteiger partial charge in [0.05, 0.1) is 27.9 Å². The highest BCUT2D eigenvalue weighted by Crippen LogP contribution is 2.31. The lowest BCUT2D eigenvalue weighted by molar-refractivity contribution is -0.114. The number of nitrogens with zero attached hydrogens (tertiary/aromatic N) is 2. The van der Waals surface area contributed by atoms with Crippen LogP contribution in [0.4, 0.5) is 11.4 Å². The van der Waals surface area contributed by atoms with Crippen molar-refractivity contribution in [3.05, 3.63) is 47.5 Å². The molecule has 0 spiro atoms. The quantitative estimate of drug-likeness (QED) is 0.750. The Kier molecular flexibility index (Phi) is 6.66. The van der Waals surface area contributed by atoms with Gasteiger partial charge in [0.15, 0.2) is 0 Å². The first-order chi connectivity index (χ1) is 13.8. The summed E-state index contributed by atoms with van der Waals surface area (Å²) >= 11 is 6.15. The number of hydrogen-bond donors (Lipinski definition) is 1. The van der Waals surface area contributed by atoms with Crippen LogP contribution in [-0.2, 0) is 14.8 Å². The van der Waals surface area contributed by atoms with Crippen LogP contribution in [0, 0.1) is 0 Å². The van der Waals surface area contributed by atoms with Crippen molar-refractivity contribution >= 4 is 38.9 Å². The largest absolute Gasteiger partial charge is 0.492 e. The van der Waals surface area contributed by atoms with E-state index >= 15 is 0 Å². The SMILES string of the molecule is CCOc1ccccc1N1CCN(S(=O)(=O)c2ccc(NC(C)=O)c(Cl)c2)CC1. The molecule has 0 aliphatic carbocycles. The molecule has 2 aromatic rings. The van der Waals surface area contributed by atoms with Gasteiger partial charge in [-0.3, -0.25) is 4.79 Å². The molecule has 1 saturated heterocycles. The maximum absolute atomic E-state index is 13.0. The van der Waals surface area contributed by atoms with Gasteiger partial charge in [-0.25, -0.2) is 8.42 Å². The molecule has 2 aromatic carbocycles. The highest BCUT2D eigenvalue weighted by Gasteiger charge is 2.29. The molecule has 0 aromatic heterocycles. The van der Waals surface area contributed by atoms with Gasteiger partial charge in [-0.2, -0.15) is 4.31 Å². The Morgan fingerprint density at radius 1 is 1.14 bits per heavy atom. The molecule has 7 nitrogen and oxygen atoms in total. The summed E-state index contributed by atoms with van der Waals surface area (Å²) in [5.74, 6) is 0.526. The molecular formula is C20H24ClN3O4S. The zero-order chi connectivity index (χ0) is 21.0. The molecule has 0 bridgehead atoms. The van der Waals surface area contributed by atoms with Crippen LogP contribution in [-0.4, -0.2) is 51.4 Å². The molecular weight excluding hydrogens is 414 g/mol. The normalized spacial score (nSPS) is 15.2. The van der Waals surface area contributed by atoms with Crippen LogP contribution in [0.3, 0.4) is 0 Å². The van der Waals surface area contributed by atoms with Gasteiger partial charge in [-0.1, -0.05) is 23.7 Å². The minimum Gasteiger partial charge on any atom is -0.492 e. The van der Waals surface area contributed by atoms with Crippen LogP contribution < -0.4 is 15.0 Å². The Hall–Kier alpha value is -2.29. The van der Waals surface area contributed by atoms with E-state index in [1.54, 1.807) is 0 Å². The van der Waals surface area contributed by atoms with Gasteiger partial charge in [0.2, 0.25) is 15.9 Å². The molecule has 156 valence electrons. The van der Waals surface area contributed by atoms with Crippen molar-refractivity contribution in [2.75, 3.05) is 43.0 Å². The third kappa shape index (κ3) is 4.83. The second kappa shape index (κ2) is 9.02. The Morgan fingerprint density at radius 3 is 2.45 bits per heavy atom. The van der Waals surface area contributed by atoms with E-state index in [1.807, 2.05) is 31.2 Å². The summed E-state index contributed by atoms with van der Waals surface area (Å²) in [7, 11) is -3.68. The van der Waals surface area contributed by atoms with E-state index in [0.717, 1.165) is 11.4 Å². The first kappa shape index (κ1) is 21.4. The number of carbonyl (C=O) groups is 1. The van der Waals surface area contributed by atoms with Crippen LogP contribution in [0.1, 0.15) is 13.8 Å². The summed E-state index contributed by atoms with van der Waals surface area (Å²) in [4.78, 5) is 13.4. The average Bonchev–Trinajstić information content (AvgIpc) is 2.70. The number of hydrogen-bond acceptors (Lipinski definition) is 5. The van der Waals surface area contributed by atoms with Gasteiger partial charge < -0.3 is 15.0 Å². The fourth-order valence-corrected chi connectivity index (χ4v) is 5.00. The van der Waals surface area contributed by atoms with E-state index in [-0.39, 0.29) is 15.8 Å². The zero-order valence-electron chi connectivity index (χ0n) is 16.4. The predicted molar refractivity (Wildman–Crippen MR) is 114 cm³/mol. The number of amides is 1. The number of halogens is 1. The summed E-state index contributed by atoms with van der Waals surface area (Å²) in [6.45, 7) is 5.69. The highest BCUT2D eigenvalue weighted by atomic mass is 35.5. The van der Waals surface area contributed by atoms with Crippen molar-refractivity contribution in [3.63, 3.8) is 0 Å². The van der Waals surface area contributed by atoms with E-state index in [9.17, 15) is 13.2 Å². The number of carbonyl (C=O) groups excluding carboxylic acids is 1. The highest BCUT2D eigenvalue weighted by molar-refractivity contribution is 7.89. The Bertz CT molecular complexity index is 989. The fourth-order valence-electron chi connectivity index (χ4n) is 3.26. The van der Waals surface area contributed by atoms with E-state index < -0.39 is 10.0 Å². The zero-order valence-corrected chi connectivity index (χ0v) is 18.0. The van der Waals surface area contributed by atoms with Crippen LogP contribution >= 0.6 is 11.6 Å². The van der Waals surface area contributed by atoms with Gasteiger partial charge in [0, 0.05) is 33.1 Å². The Labute approximate surface area is 176 Å². The lowest BCUT2D eigenvalue weighted by Crippen LogP contribution is -2.48. The molecule has 0 unspecified atom stereocenters. The number of para-hydroxylation sites is 2. The van der Waals surface area contributed by atoms with Crippen molar-refractivity contribution in [2.45, 2.75) is 18.7 Å². The Morgan fingerprint density at radius 2 is 1.83 bits per heavy atom. The van der Waals surface area contributed by atoms with Crippen molar-refractivity contribution in [2.24, 2.45) is 0 Å². The number of ether oxygens (including phenoxy) is 1. The molecule has 1 amide bonds. The van der Waals surface area contributed by atoms with E-state index in [4.69, 9.17) is 16.3 Å². The summed E-state index contributed by atoms with van der Waals surface area (Å²) in [6.07, 6.45) is 0. The third-order valence-electron chi connectivity index (χ3n) is 4.63. The molecule has 29 heavy (non-hydrogen) atoms. The molecule has 3 rings (SSSR count). The van der Waals surface area contributed by atoms with E-state index in [2.05, 4.69) is 10.2 Å². The second-order valence-corrected chi connectivity index (χ2v) is 8.96. The van der Waals surface area contributed by atoms with Crippen LogP contribution in [0.2, 0.25) is 5.02 Å². The van der Waals surface area contributed by atoms with Gasteiger partial charge in [0.25, 0.3) is 0 Å². The van der Waals surface area contributed by atoms with Gasteiger partial charge in [-0.15, -0.1) is 0 Å².